The van der Waals surface area contributed by atoms with Gasteiger partial charge in [-0.3, -0.25) is 9.36 Å². The fourth-order valence-electron chi connectivity index (χ4n) is 6.05. The lowest BCUT2D eigenvalue weighted by Crippen LogP contribution is -2.38. The van der Waals surface area contributed by atoms with E-state index in [1.54, 1.807) is 6.07 Å². The highest BCUT2D eigenvalue weighted by atomic mass is 35.5. The molecule has 2 aliphatic rings. The topological polar surface area (TPSA) is 39.3 Å². The first-order chi connectivity index (χ1) is 19.4. The van der Waals surface area contributed by atoms with Gasteiger partial charge in [-0.05, 0) is 79.3 Å². The van der Waals surface area contributed by atoms with E-state index in [-0.39, 0.29) is 11.6 Å². The van der Waals surface area contributed by atoms with Crippen molar-refractivity contribution in [2.45, 2.75) is 32.7 Å². The van der Waals surface area contributed by atoms with Crippen molar-refractivity contribution in [1.29, 1.82) is 0 Å². The summed E-state index contributed by atoms with van der Waals surface area (Å²) in [6.45, 7) is 4.11. The molecule has 0 amide bonds. The number of thiazole rings is 1. The molecule has 5 aromatic rings. The number of benzene rings is 3. The Bertz CT molecular complexity index is 2030. The molecule has 0 radical (unpaired) electrons. The standard InChI is InChI=1S/C33H25Cl2N3OS/c1-19-16-23(20(2)37(19)24-13-15-27(34)28(35)18-24)17-29-32(39)38-31(22-9-4-3-5-10-22)26-14-12-21-8-6-7-11-25(21)30(26)36-33(38)40-29/h3-11,13,15-18,31H,12,14H2,1-2H3/b29-17+/t31-/m0/s1. The predicted octanol–water partition coefficient (Wildman–Crippen LogP) is 7.03. The molecule has 0 spiro atoms. The zero-order valence-corrected chi connectivity index (χ0v) is 24.3. The summed E-state index contributed by atoms with van der Waals surface area (Å²) >= 11 is 13.9. The van der Waals surface area contributed by atoms with Crippen LogP contribution in [0.25, 0.3) is 17.5 Å². The summed E-state index contributed by atoms with van der Waals surface area (Å²) in [4.78, 5) is 20.0. The van der Waals surface area contributed by atoms with Gasteiger partial charge in [0.2, 0.25) is 0 Å². The van der Waals surface area contributed by atoms with Crippen LogP contribution in [0.15, 0.2) is 94.2 Å². The molecule has 7 heteroatoms. The Morgan fingerprint density at radius 1 is 0.925 bits per heavy atom. The zero-order valence-electron chi connectivity index (χ0n) is 22.0. The molecule has 1 aliphatic heterocycles. The Hall–Kier alpha value is -3.64. The maximum Gasteiger partial charge on any atom is 0.271 e. The highest BCUT2D eigenvalue weighted by Gasteiger charge is 2.32. The van der Waals surface area contributed by atoms with Crippen molar-refractivity contribution in [3.05, 3.63) is 148 Å². The number of aryl methyl sites for hydroxylation is 2. The van der Waals surface area contributed by atoms with Gasteiger partial charge >= 0.3 is 0 Å². The average Bonchev–Trinajstić information content (AvgIpc) is 3.43. The molecule has 198 valence electrons. The Morgan fingerprint density at radius 2 is 1.70 bits per heavy atom. The van der Waals surface area contributed by atoms with Crippen molar-refractivity contribution >= 4 is 46.3 Å². The summed E-state index contributed by atoms with van der Waals surface area (Å²) in [7, 11) is 0. The van der Waals surface area contributed by atoms with Crippen molar-refractivity contribution < 1.29 is 0 Å². The molecule has 0 N–H and O–H groups in total. The lowest BCUT2D eigenvalue weighted by molar-refractivity contribution is 0.585. The molecule has 0 bridgehead atoms. The monoisotopic (exact) mass is 581 g/mol. The van der Waals surface area contributed by atoms with Crippen LogP contribution in [0.4, 0.5) is 0 Å². The molecular formula is C33H25Cl2N3OS. The molecule has 1 atom stereocenters. The fourth-order valence-corrected chi connectivity index (χ4v) is 7.34. The number of allylic oxidation sites excluding steroid dienone is 1. The molecule has 2 aromatic heterocycles. The predicted molar refractivity (Wildman–Crippen MR) is 164 cm³/mol. The van der Waals surface area contributed by atoms with Gasteiger partial charge in [0.25, 0.3) is 5.56 Å². The van der Waals surface area contributed by atoms with Crippen molar-refractivity contribution in [3.63, 3.8) is 0 Å². The molecule has 0 saturated heterocycles. The second-order valence-corrected chi connectivity index (χ2v) is 12.1. The molecule has 0 fully saturated rings. The number of hydrogen-bond donors (Lipinski definition) is 0. The van der Waals surface area contributed by atoms with E-state index in [1.807, 2.05) is 41.0 Å². The van der Waals surface area contributed by atoms with Crippen LogP contribution in [-0.4, -0.2) is 9.13 Å². The van der Waals surface area contributed by atoms with Crippen LogP contribution in [-0.2, 0) is 6.42 Å². The van der Waals surface area contributed by atoms with E-state index in [2.05, 4.69) is 60.9 Å². The first kappa shape index (κ1) is 25.3. The average molecular weight is 583 g/mol. The van der Waals surface area contributed by atoms with Crippen LogP contribution in [0, 0.1) is 13.8 Å². The number of nitrogens with zero attached hydrogens (tertiary/aromatic N) is 3. The number of halogens is 2. The Labute approximate surface area is 245 Å². The molecule has 0 unspecified atom stereocenters. The Kier molecular flexibility index (Phi) is 6.19. The SMILES string of the molecule is Cc1cc(/C=c2/sc3n(c2=O)[C@@H](c2ccccc2)C2=C(N=3)c3ccccc3CC2)c(C)n1-c1ccc(Cl)c(Cl)c1. The number of aromatic nitrogens is 2. The van der Waals surface area contributed by atoms with Gasteiger partial charge in [-0.1, -0.05) is 89.1 Å². The highest BCUT2D eigenvalue weighted by molar-refractivity contribution is 7.07. The van der Waals surface area contributed by atoms with E-state index < -0.39 is 0 Å². The maximum atomic E-state index is 14.1. The molecule has 4 nitrogen and oxygen atoms in total. The quantitative estimate of drug-likeness (QED) is 0.225. The second-order valence-electron chi connectivity index (χ2n) is 10.3. The Balaban J connectivity index is 1.43. The molecule has 3 heterocycles. The third-order valence-corrected chi connectivity index (χ3v) is 9.63. The van der Waals surface area contributed by atoms with Crippen molar-refractivity contribution in [2.75, 3.05) is 0 Å². The first-order valence-corrected chi connectivity index (χ1v) is 14.8. The minimum Gasteiger partial charge on any atom is -0.318 e. The van der Waals surface area contributed by atoms with E-state index in [4.69, 9.17) is 28.2 Å². The Morgan fingerprint density at radius 3 is 2.50 bits per heavy atom. The van der Waals surface area contributed by atoms with Crippen LogP contribution in [0.2, 0.25) is 10.0 Å². The van der Waals surface area contributed by atoms with E-state index >= 15 is 0 Å². The molecule has 3 aromatic carbocycles. The van der Waals surface area contributed by atoms with Crippen molar-refractivity contribution in [1.82, 2.24) is 9.13 Å². The van der Waals surface area contributed by atoms with Gasteiger partial charge in [0, 0.05) is 22.6 Å². The maximum absolute atomic E-state index is 14.1. The molecule has 0 saturated carbocycles. The minimum absolute atomic E-state index is 0.0117. The van der Waals surface area contributed by atoms with Crippen LogP contribution >= 0.6 is 34.5 Å². The highest BCUT2D eigenvalue weighted by Crippen LogP contribution is 2.41. The summed E-state index contributed by atoms with van der Waals surface area (Å²) < 4.78 is 4.70. The fraction of sp³-hybridized carbons (Fsp3) is 0.152. The first-order valence-electron chi connectivity index (χ1n) is 13.2. The molecule has 1 aliphatic carbocycles. The summed E-state index contributed by atoms with van der Waals surface area (Å²) in [5, 5.41) is 1.03. The lowest BCUT2D eigenvalue weighted by atomic mass is 9.83. The number of fused-ring (bicyclic) bond motifs is 3. The van der Waals surface area contributed by atoms with Crippen molar-refractivity contribution in [2.24, 2.45) is 4.99 Å². The van der Waals surface area contributed by atoms with E-state index in [9.17, 15) is 4.79 Å². The summed E-state index contributed by atoms with van der Waals surface area (Å²) in [6, 6.07) is 26.4. The lowest BCUT2D eigenvalue weighted by Gasteiger charge is -2.30. The van der Waals surface area contributed by atoms with Crippen LogP contribution in [0.5, 0.6) is 0 Å². The van der Waals surface area contributed by atoms with Gasteiger partial charge in [0.15, 0.2) is 4.80 Å². The smallest absolute Gasteiger partial charge is 0.271 e. The van der Waals surface area contributed by atoms with Crippen LogP contribution in [0.3, 0.4) is 0 Å². The molecule has 7 rings (SSSR count). The van der Waals surface area contributed by atoms with E-state index in [0.29, 0.717) is 14.6 Å². The van der Waals surface area contributed by atoms with Gasteiger partial charge in [0.1, 0.15) is 0 Å². The summed E-state index contributed by atoms with van der Waals surface area (Å²) in [5.41, 5.74) is 9.79. The molecule has 40 heavy (non-hydrogen) atoms. The zero-order chi connectivity index (χ0) is 27.5. The third-order valence-electron chi connectivity index (χ3n) is 7.91. The van der Waals surface area contributed by atoms with E-state index in [1.165, 1.54) is 28.0 Å². The number of rotatable bonds is 3. The van der Waals surface area contributed by atoms with Crippen LogP contribution in [0.1, 0.15) is 46.1 Å². The van der Waals surface area contributed by atoms with Crippen LogP contribution < -0.4 is 14.9 Å². The normalized spacial score (nSPS) is 16.4. The van der Waals surface area contributed by atoms with E-state index in [0.717, 1.165) is 51.5 Å². The van der Waals surface area contributed by atoms with Gasteiger partial charge < -0.3 is 4.57 Å². The van der Waals surface area contributed by atoms with Gasteiger partial charge in [-0.15, -0.1) is 0 Å². The third kappa shape index (κ3) is 4.03. The van der Waals surface area contributed by atoms with Gasteiger partial charge in [0.05, 0.1) is 26.3 Å². The number of hydrogen-bond acceptors (Lipinski definition) is 3. The summed E-state index contributed by atoms with van der Waals surface area (Å²) in [6.07, 6.45) is 3.82. The molecular weight excluding hydrogens is 557 g/mol. The summed E-state index contributed by atoms with van der Waals surface area (Å²) in [5.74, 6) is 0. The minimum atomic E-state index is -0.174. The largest absolute Gasteiger partial charge is 0.318 e. The van der Waals surface area contributed by atoms with Crippen molar-refractivity contribution in [3.8, 4) is 5.69 Å². The second kappa shape index (κ2) is 9.77. The van der Waals surface area contributed by atoms with Gasteiger partial charge in [-0.25, -0.2) is 4.99 Å². The van der Waals surface area contributed by atoms with Gasteiger partial charge in [-0.2, -0.15) is 0 Å².